The van der Waals surface area contributed by atoms with E-state index in [1.165, 1.54) is 6.92 Å². The molecule has 0 saturated heterocycles. The smallest absolute Gasteiger partial charge is 0.310 e. The van der Waals surface area contributed by atoms with Crippen molar-refractivity contribution in [3.8, 4) is 0 Å². The normalized spacial score (nSPS) is 37.7. The summed E-state index contributed by atoms with van der Waals surface area (Å²) >= 11 is 0. The average molecular weight is 609 g/mol. The molecule has 238 valence electrons. The fourth-order valence-corrected chi connectivity index (χ4v) is 8.34. The number of ketones is 1. The van der Waals surface area contributed by atoms with Gasteiger partial charge in [-0.3, -0.25) is 19.2 Å². The van der Waals surface area contributed by atoms with E-state index in [4.69, 9.17) is 14.2 Å². The molecule has 2 fully saturated rings. The molecule has 2 N–H and O–H groups in total. The second-order valence-corrected chi connectivity index (χ2v) is 13.7. The number of carbonyl (C=O) groups excluding carboxylic acids is 4. The molecular formula is C35H44O9. The molecule has 9 unspecified atom stereocenters. The summed E-state index contributed by atoms with van der Waals surface area (Å²) in [6, 6.07) is 9.26. The van der Waals surface area contributed by atoms with Crippen LogP contribution in [-0.2, 0) is 39.8 Å². The number of benzene rings is 1. The predicted molar refractivity (Wildman–Crippen MR) is 160 cm³/mol. The van der Waals surface area contributed by atoms with Crippen molar-refractivity contribution in [3.63, 3.8) is 0 Å². The lowest BCUT2D eigenvalue weighted by molar-refractivity contribution is -0.187. The van der Waals surface area contributed by atoms with Crippen LogP contribution >= 0.6 is 0 Å². The van der Waals surface area contributed by atoms with Crippen LogP contribution in [0.3, 0.4) is 0 Å². The molecule has 2 saturated carbocycles. The van der Waals surface area contributed by atoms with E-state index < -0.39 is 63.6 Å². The number of esters is 3. The summed E-state index contributed by atoms with van der Waals surface area (Å²) in [6.45, 7) is 10.2. The van der Waals surface area contributed by atoms with Crippen molar-refractivity contribution in [2.75, 3.05) is 13.2 Å². The van der Waals surface area contributed by atoms with Gasteiger partial charge in [0, 0.05) is 36.5 Å². The van der Waals surface area contributed by atoms with E-state index in [0.717, 1.165) is 5.56 Å². The van der Waals surface area contributed by atoms with Crippen LogP contribution in [0.2, 0.25) is 0 Å². The number of ether oxygens (including phenoxy) is 3. The summed E-state index contributed by atoms with van der Waals surface area (Å²) in [5, 5.41) is 24.7. The van der Waals surface area contributed by atoms with Crippen molar-refractivity contribution < 1.29 is 43.6 Å². The number of rotatable bonds is 9. The Morgan fingerprint density at radius 2 is 1.77 bits per heavy atom. The molecule has 0 aromatic heterocycles. The van der Waals surface area contributed by atoms with Gasteiger partial charge in [-0.15, -0.1) is 0 Å². The highest BCUT2D eigenvalue weighted by atomic mass is 16.6. The zero-order valence-electron chi connectivity index (χ0n) is 26.4. The Hall–Kier alpha value is -3.30. The van der Waals surface area contributed by atoms with Crippen LogP contribution in [0.25, 0.3) is 0 Å². The van der Waals surface area contributed by atoms with E-state index in [-0.39, 0.29) is 44.4 Å². The van der Waals surface area contributed by atoms with Crippen molar-refractivity contribution in [1.29, 1.82) is 0 Å². The van der Waals surface area contributed by atoms with E-state index in [0.29, 0.717) is 17.6 Å². The number of hydrogen-bond donors (Lipinski definition) is 2. The average Bonchev–Trinajstić information content (AvgIpc) is 3.42. The van der Waals surface area contributed by atoms with Crippen LogP contribution in [0.15, 0.2) is 53.6 Å². The minimum Gasteiger partial charge on any atom is -0.465 e. The highest BCUT2D eigenvalue weighted by Gasteiger charge is 2.85. The Kier molecular flexibility index (Phi) is 8.21. The molecule has 9 atom stereocenters. The molecule has 0 heterocycles. The summed E-state index contributed by atoms with van der Waals surface area (Å²) in [7, 11) is 0. The van der Waals surface area contributed by atoms with E-state index >= 15 is 0 Å². The molecule has 4 aliphatic carbocycles. The zero-order valence-corrected chi connectivity index (χ0v) is 26.4. The molecule has 0 radical (unpaired) electrons. The summed E-state index contributed by atoms with van der Waals surface area (Å²) in [5.41, 5.74) is -3.85. The molecule has 44 heavy (non-hydrogen) atoms. The topological polar surface area (TPSA) is 136 Å². The second kappa shape index (κ2) is 11.2. The van der Waals surface area contributed by atoms with Crippen LogP contribution < -0.4 is 0 Å². The number of aliphatic hydroxyl groups is 2. The van der Waals surface area contributed by atoms with Crippen LogP contribution in [0.5, 0.6) is 0 Å². The molecular weight excluding hydrogens is 564 g/mol. The first kappa shape index (κ1) is 32.1. The summed E-state index contributed by atoms with van der Waals surface area (Å²) in [4.78, 5) is 51.5. The van der Waals surface area contributed by atoms with Gasteiger partial charge in [-0.1, -0.05) is 70.2 Å². The van der Waals surface area contributed by atoms with Crippen molar-refractivity contribution in [2.24, 2.45) is 35.0 Å². The van der Waals surface area contributed by atoms with Gasteiger partial charge >= 0.3 is 17.9 Å². The van der Waals surface area contributed by atoms with Crippen molar-refractivity contribution >= 4 is 23.7 Å². The van der Waals surface area contributed by atoms with E-state index in [1.54, 1.807) is 26.0 Å². The summed E-state index contributed by atoms with van der Waals surface area (Å²) in [6.07, 6.45) is 4.24. The second-order valence-electron chi connectivity index (χ2n) is 13.7. The van der Waals surface area contributed by atoms with Gasteiger partial charge in [-0.2, -0.15) is 0 Å². The highest BCUT2D eigenvalue weighted by molar-refractivity contribution is 6.04. The standard InChI is InChI=1S/C35H44O9/c1-7-20(2)31(39)43-19-32(6)29-26-14-25(18-42-23(5)36)17-33(40)27(13-21(3)30(33)38)35(26,41)22(4)16-34(29,32)44-28(37)15-24-11-9-8-10-12-24/h8-14,20,22,26-27,29,40-41H,7,15-19H2,1-6H3. The third-order valence-corrected chi connectivity index (χ3v) is 10.9. The van der Waals surface area contributed by atoms with Gasteiger partial charge in [-0.25, -0.2) is 0 Å². The quantitative estimate of drug-likeness (QED) is 0.243. The molecule has 5 rings (SSSR count). The molecule has 1 aromatic carbocycles. The summed E-state index contributed by atoms with van der Waals surface area (Å²) in [5.74, 6) is -4.81. The first-order chi connectivity index (χ1) is 20.6. The van der Waals surface area contributed by atoms with Crippen molar-refractivity contribution in [2.45, 2.75) is 84.0 Å². The highest BCUT2D eigenvalue weighted by Crippen LogP contribution is 2.76. The number of Topliss-reactive ketones (excluding diaryl/α,β-unsaturated/α-hetero) is 1. The Bertz CT molecular complexity index is 1410. The molecule has 1 aromatic rings. The maximum absolute atomic E-state index is 13.5. The molecule has 0 spiro atoms. The predicted octanol–water partition coefficient (Wildman–Crippen LogP) is 3.89. The Morgan fingerprint density at radius 3 is 2.41 bits per heavy atom. The van der Waals surface area contributed by atoms with Crippen LogP contribution in [0.4, 0.5) is 0 Å². The lowest BCUT2D eigenvalue weighted by atomic mass is 9.60. The number of carbonyl (C=O) groups is 4. The number of fused-ring (bicyclic) bond motifs is 5. The van der Waals surface area contributed by atoms with Gasteiger partial charge in [0.05, 0.1) is 17.9 Å². The maximum Gasteiger partial charge on any atom is 0.310 e. The SMILES string of the molecule is CCC(C)C(=O)OCC1(C)C2C3C=C(COC(C)=O)CC4(O)C(=O)C(C)=CC4C3(O)C(C)CC21OC(=O)Cc1ccccc1. The third kappa shape index (κ3) is 4.92. The maximum atomic E-state index is 13.5. The van der Waals surface area contributed by atoms with Crippen LogP contribution in [0, 0.1) is 35.0 Å². The first-order valence-corrected chi connectivity index (χ1v) is 15.6. The van der Waals surface area contributed by atoms with Crippen LogP contribution in [0.1, 0.15) is 66.4 Å². The van der Waals surface area contributed by atoms with E-state index in [9.17, 15) is 29.4 Å². The molecule has 0 bridgehead atoms. The van der Waals surface area contributed by atoms with E-state index in [1.807, 2.05) is 51.1 Å². The molecule has 4 aliphatic rings. The zero-order chi connectivity index (χ0) is 32.2. The monoisotopic (exact) mass is 608 g/mol. The minimum absolute atomic E-state index is 0.0331. The van der Waals surface area contributed by atoms with Crippen molar-refractivity contribution in [1.82, 2.24) is 0 Å². The number of hydrogen-bond acceptors (Lipinski definition) is 9. The lowest BCUT2D eigenvalue weighted by Gasteiger charge is -2.50. The molecule has 9 nitrogen and oxygen atoms in total. The Labute approximate surface area is 258 Å². The van der Waals surface area contributed by atoms with E-state index in [2.05, 4.69) is 0 Å². The fraction of sp³-hybridized carbons (Fsp3) is 0.600. The molecule has 0 aliphatic heterocycles. The van der Waals surface area contributed by atoms with Gasteiger partial charge in [0.1, 0.15) is 24.4 Å². The van der Waals surface area contributed by atoms with Gasteiger partial charge in [0.15, 0.2) is 5.78 Å². The first-order valence-electron chi connectivity index (χ1n) is 15.6. The minimum atomic E-state index is -1.92. The van der Waals surface area contributed by atoms with Crippen molar-refractivity contribution in [3.05, 3.63) is 59.2 Å². The Balaban J connectivity index is 1.59. The summed E-state index contributed by atoms with van der Waals surface area (Å²) < 4.78 is 17.6. The van der Waals surface area contributed by atoms with Gasteiger partial charge in [0.2, 0.25) is 0 Å². The van der Waals surface area contributed by atoms with Gasteiger partial charge in [0.25, 0.3) is 0 Å². The Morgan fingerprint density at radius 1 is 1.09 bits per heavy atom. The molecule has 0 amide bonds. The van der Waals surface area contributed by atoms with Crippen LogP contribution in [-0.4, -0.2) is 63.9 Å². The largest absolute Gasteiger partial charge is 0.465 e. The molecule has 9 heteroatoms. The van der Waals surface area contributed by atoms with Gasteiger partial charge in [-0.05, 0) is 42.4 Å². The fourth-order valence-electron chi connectivity index (χ4n) is 8.34. The van der Waals surface area contributed by atoms with Gasteiger partial charge < -0.3 is 24.4 Å². The lowest BCUT2D eigenvalue weighted by Crippen LogP contribution is -2.61. The third-order valence-electron chi connectivity index (χ3n) is 10.9.